The smallest absolute Gasteiger partial charge is 0.221 e. The predicted molar refractivity (Wildman–Crippen MR) is 93.7 cm³/mol. The molecule has 2 aliphatic rings. The zero-order valence-electron chi connectivity index (χ0n) is 13.7. The summed E-state index contributed by atoms with van der Waals surface area (Å²) in [5.74, 6) is 0.758. The molecule has 0 bridgehead atoms. The van der Waals surface area contributed by atoms with Crippen LogP contribution in [0.1, 0.15) is 19.8 Å². The highest BCUT2D eigenvalue weighted by Crippen LogP contribution is 2.45. The van der Waals surface area contributed by atoms with Crippen LogP contribution >= 0.6 is 0 Å². The fraction of sp³-hybridized carbons (Fsp3) is 0.389. The molecule has 6 nitrogen and oxygen atoms in total. The van der Waals surface area contributed by atoms with Gasteiger partial charge < -0.3 is 16.0 Å². The van der Waals surface area contributed by atoms with Crippen molar-refractivity contribution in [3.63, 3.8) is 0 Å². The lowest BCUT2D eigenvalue weighted by Gasteiger charge is -2.54. The average molecular weight is 323 g/mol. The summed E-state index contributed by atoms with van der Waals surface area (Å²) in [5, 5.41) is 18.2. The Morgan fingerprint density at radius 1 is 1.12 bits per heavy atom. The van der Waals surface area contributed by atoms with Crippen molar-refractivity contribution in [1.29, 1.82) is 0 Å². The summed E-state index contributed by atoms with van der Waals surface area (Å²) in [5.41, 5.74) is 3.14. The zero-order chi connectivity index (χ0) is 16.6. The van der Waals surface area contributed by atoms with Crippen molar-refractivity contribution >= 4 is 17.4 Å². The van der Waals surface area contributed by atoms with Gasteiger partial charge in [0.2, 0.25) is 5.91 Å². The lowest BCUT2D eigenvalue weighted by atomic mass is 9.62. The highest BCUT2D eigenvalue weighted by atomic mass is 16.1. The molecule has 4 rings (SSSR count). The molecule has 2 heterocycles. The summed E-state index contributed by atoms with van der Waals surface area (Å²) in [6.07, 6.45) is 2.43. The minimum Gasteiger partial charge on any atom is -0.366 e. The van der Waals surface area contributed by atoms with Gasteiger partial charge in [0.25, 0.3) is 0 Å². The first-order valence-corrected chi connectivity index (χ1v) is 8.31. The molecule has 2 aromatic rings. The maximum absolute atomic E-state index is 11.0. The normalized spacial score (nSPS) is 18.5. The Kier molecular flexibility index (Phi) is 3.69. The molecule has 1 saturated carbocycles. The molecule has 2 fully saturated rings. The second-order valence-electron chi connectivity index (χ2n) is 6.92. The second kappa shape index (κ2) is 5.87. The molecule has 1 aliphatic heterocycles. The molecule has 1 spiro atoms. The summed E-state index contributed by atoms with van der Waals surface area (Å²) in [4.78, 5) is 11.0. The lowest BCUT2D eigenvalue weighted by Crippen LogP contribution is -2.63. The van der Waals surface area contributed by atoms with Gasteiger partial charge in [-0.1, -0.05) is 12.1 Å². The number of carbonyl (C=O) groups is 1. The van der Waals surface area contributed by atoms with E-state index in [2.05, 4.69) is 26.1 Å². The van der Waals surface area contributed by atoms with Crippen LogP contribution < -0.4 is 16.0 Å². The number of aromatic nitrogens is 2. The first kappa shape index (κ1) is 15.1. The summed E-state index contributed by atoms with van der Waals surface area (Å²) >= 11 is 0. The molecule has 0 radical (unpaired) electrons. The Hall–Kier alpha value is -2.47. The maximum atomic E-state index is 11.0. The number of anilines is 2. The Labute approximate surface area is 141 Å². The topological polar surface area (TPSA) is 78.9 Å². The van der Waals surface area contributed by atoms with Crippen molar-refractivity contribution in [3.8, 4) is 11.3 Å². The highest BCUT2D eigenvalue weighted by Gasteiger charge is 2.48. The number of nitrogens with zero attached hydrogens (tertiary/aromatic N) is 2. The predicted octanol–water partition coefficient (Wildman–Crippen LogP) is 2.27. The molecule has 3 N–H and O–H groups in total. The van der Waals surface area contributed by atoms with Crippen molar-refractivity contribution in [2.75, 3.05) is 23.7 Å². The monoisotopic (exact) mass is 323 g/mol. The summed E-state index contributed by atoms with van der Waals surface area (Å²) in [7, 11) is 0. The van der Waals surface area contributed by atoms with Crippen molar-refractivity contribution in [1.82, 2.24) is 15.5 Å². The van der Waals surface area contributed by atoms with E-state index in [1.165, 1.54) is 19.8 Å². The average Bonchev–Trinajstić information content (AvgIpc) is 2.49. The van der Waals surface area contributed by atoms with Crippen LogP contribution in [0.25, 0.3) is 11.3 Å². The highest BCUT2D eigenvalue weighted by molar-refractivity contribution is 5.88. The SMILES string of the molecule is CC(=O)Nc1ccc(-c2ccc(NC3CC4(CNC4)C3)nn2)cc1. The van der Waals surface area contributed by atoms with E-state index in [-0.39, 0.29) is 5.91 Å². The minimum atomic E-state index is -0.0755. The Balaban J connectivity index is 1.37. The summed E-state index contributed by atoms with van der Waals surface area (Å²) < 4.78 is 0. The van der Waals surface area contributed by atoms with Crippen LogP contribution in [0.3, 0.4) is 0 Å². The lowest BCUT2D eigenvalue weighted by molar-refractivity contribution is -0.114. The van der Waals surface area contributed by atoms with E-state index >= 15 is 0 Å². The molecule has 6 heteroatoms. The molecule has 124 valence electrons. The molecule has 1 aromatic carbocycles. The van der Waals surface area contributed by atoms with Gasteiger partial charge in [-0.15, -0.1) is 10.2 Å². The van der Waals surface area contributed by atoms with Gasteiger partial charge in [-0.25, -0.2) is 0 Å². The van der Waals surface area contributed by atoms with Crippen LogP contribution in [0.4, 0.5) is 11.5 Å². The van der Waals surface area contributed by atoms with Crippen molar-refractivity contribution in [3.05, 3.63) is 36.4 Å². The summed E-state index contributed by atoms with van der Waals surface area (Å²) in [6, 6.07) is 12.1. The van der Waals surface area contributed by atoms with Gasteiger partial charge in [0, 0.05) is 37.3 Å². The van der Waals surface area contributed by atoms with Crippen molar-refractivity contribution in [2.45, 2.75) is 25.8 Å². The fourth-order valence-corrected chi connectivity index (χ4v) is 3.55. The molecule has 0 unspecified atom stereocenters. The Bertz CT molecular complexity index is 729. The van der Waals surface area contributed by atoms with E-state index in [4.69, 9.17) is 0 Å². The Morgan fingerprint density at radius 2 is 1.88 bits per heavy atom. The second-order valence-corrected chi connectivity index (χ2v) is 6.92. The molecule has 1 amide bonds. The fourth-order valence-electron chi connectivity index (χ4n) is 3.55. The number of rotatable bonds is 4. The van der Waals surface area contributed by atoms with E-state index < -0.39 is 0 Å². The van der Waals surface area contributed by atoms with E-state index in [0.29, 0.717) is 11.5 Å². The molecule has 1 saturated heterocycles. The van der Waals surface area contributed by atoms with Crippen LogP contribution in [0.15, 0.2) is 36.4 Å². The first-order chi connectivity index (χ1) is 11.6. The first-order valence-electron chi connectivity index (χ1n) is 8.31. The quantitative estimate of drug-likeness (QED) is 0.804. The van der Waals surface area contributed by atoms with Crippen LogP contribution in [-0.4, -0.2) is 35.2 Å². The zero-order valence-corrected chi connectivity index (χ0v) is 13.7. The van der Waals surface area contributed by atoms with Crippen LogP contribution in [0.2, 0.25) is 0 Å². The van der Waals surface area contributed by atoms with Crippen molar-refractivity contribution in [2.24, 2.45) is 5.41 Å². The third-order valence-electron chi connectivity index (χ3n) is 4.88. The van der Waals surface area contributed by atoms with Gasteiger partial charge >= 0.3 is 0 Å². The standard InChI is InChI=1S/C18H21N5O/c1-12(24)20-14-4-2-13(3-5-14)16-6-7-17(23-22-16)21-15-8-18(9-15)10-19-11-18/h2-7,15,19H,8-11H2,1H3,(H,20,24)(H,21,23). The molecule has 24 heavy (non-hydrogen) atoms. The maximum Gasteiger partial charge on any atom is 0.221 e. The van der Waals surface area contributed by atoms with Crippen LogP contribution in [-0.2, 0) is 4.79 Å². The Morgan fingerprint density at radius 3 is 2.42 bits per heavy atom. The molecule has 1 aliphatic carbocycles. The van der Waals surface area contributed by atoms with Crippen LogP contribution in [0, 0.1) is 5.41 Å². The van der Waals surface area contributed by atoms with Gasteiger partial charge in [-0.2, -0.15) is 0 Å². The molecular formula is C18H21N5O. The van der Waals surface area contributed by atoms with E-state index in [1.807, 2.05) is 36.4 Å². The van der Waals surface area contributed by atoms with E-state index in [1.54, 1.807) is 0 Å². The number of benzene rings is 1. The number of amides is 1. The molecule has 1 aromatic heterocycles. The third-order valence-corrected chi connectivity index (χ3v) is 4.88. The number of hydrogen-bond donors (Lipinski definition) is 3. The largest absolute Gasteiger partial charge is 0.366 e. The number of carbonyl (C=O) groups excluding carboxylic acids is 1. The van der Waals surface area contributed by atoms with Gasteiger partial charge in [0.05, 0.1) is 5.69 Å². The molecule has 0 atom stereocenters. The number of hydrogen-bond acceptors (Lipinski definition) is 5. The van der Waals surface area contributed by atoms with Gasteiger partial charge in [-0.05, 0) is 42.5 Å². The van der Waals surface area contributed by atoms with Crippen molar-refractivity contribution < 1.29 is 4.79 Å². The third kappa shape index (κ3) is 2.97. The summed E-state index contributed by atoms with van der Waals surface area (Å²) in [6.45, 7) is 3.81. The van der Waals surface area contributed by atoms with Gasteiger partial charge in [-0.3, -0.25) is 4.79 Å². The van der Waals surface area contributed by atoms with Gasteiger partial charge in [0.1, 0.15) is 5.82 Å². The van der Waals surface area contributed by atoms with E-state index in [9.17, 15) is 4.79 Å². The van der Waals surface area contributed by atoms with Gasteiger partial charge in [0.15, 0.2) is 0 Å². The van der Waals surface area contributed by atoms with E-state index in [0.717, 1.165) is 35.9 Å². The van der Waals surface area contributed by atoms with Crippen LogP contribution in [0.5, 0.6) is 0 Å². The number of nitrogens with one attached hydrogen (secondary N) is 3. The molecular weight excluding hydrogens is 302 g/mol. The minimum absolute atomic E-state index is 0.0755.